The van der Waals surface area contributed by atoms with Crippen molar-refractivity contribution in [2.45, 2.75) is 93.0 Å². The van der Waals surface area contributed by atoms with Gasteiger partial charge in [-0.1, -0.05) is 91.4 Å². The van der Waals surface area contributed by atoms with E-state index in [0.29, 0.717) is 10.7 Å². The molecule has 1 aliphatic carbocycles. The lowest BCUT2D eigenvalue weighted by molar-refractivity contribution is 0.0989. The van der Waals surface area contributed by atoms with E-state index < -0.39 is 11.8 Å². The first kappa shape index (κ1) is 36.4. The van der Waals surface area contributed by atoms with Crippen LogP contribution >= 0.6 is 11.3 Å². The highest BCUT2D eigenvalue weighted by Gasteiger charge is 2.08. The zero-order valence-corrected chi connectivity index (χ0v) is 25.0. The molecular weight excluding hydrogens is 482 g/mol. The Morgan fingerprint density at radius 2 is 1.59 bits per heavy atom. The number of rotatable bonds is 8. The number of nitrogens with two attached hydrogens (primary N) is 2. The van der Waals surface area contributed by atoms with Crippen molar-refractivity contribution in [1.29, 1.82) is 0 Å². The van der Waals surface area contributed by atoms with Crippen molar-refractivity contribution in [2.24, 2.45) is 11.5 Å². The van der Waals surface area contributed by atoms with Gasteiger partial charge in [-0.3, -0.25) is 9.59 Å². The van der Waals surface area contributed by atoms with Gasteiger partial charge in [-0.05, 0) is 45.1 Å². The molecular formula is C29H51N5O2S. The number of nitrogens with one attached hydrogen (secondary N) is 1. The molecule has 210 valence electrons. The van der Waals surface area contributed by atoms with E-state index in [1.165, 1.54) is 49.9 Å². The second kappa shape index (κ2) is 23.7. The normalized spacial score (nSPS) is 12.0. The van der Waals surface area contributed by atoms with Crippen LogP contribution in [0.2, 0.25) is 0 Å². The number of aromatic nitrogens is 2. The first-order chi connectivity index (χ1) is 17.7. The minimum absolute atomic E-state index is 0.393. The highest BCUT2D eigenvalue weighted by Crippen LogP contribution is 2.15. The summed E-state index contributed by atoms with van der Waals surface area (Å²) in [6, 6.07) is 3.44. The van der Waals surface area contributed by atoms with E-state index in [-0.39, 0.29) is 0 Å². The van der Waals surface area contributed by atoms with Crippen molar-refractivity contribution < 1.29 is 9.59 Å². The van der Waals surface area contributed by atoms with Crippen molar-refractivity contribution >= 4 is 29.2 Å². The molecule has 2 heterocycles. The first-order valence-electron chi connectivity index (χ1n) is 13.5. The van der Waals surface area contributed by atoms with Gasteiger partial charge in [0, 0.05) is 23.3 Å². The fraction of sp³-hybridized carbons (Fsp3) is 0.552. The minimum atomic E-state index is -0.449. The molecule has 5 N–H and O–H groups in total. The molecule has 2 aromatic heterocycles. The Balaban J connectivity index is 0. The van der Waals surface area contributed by atoms with Crippen LogP contribution in [0.1, 0.15) is 117 Å². The molecule has 1 aliphatic rings. The van der Waals surface area contributed by atoms with Gasteiger partial charge in [0.05, 0.1) is 0 Å². The van der Waals surface area contributed by atoms with Crippen LogP contribution in [-0.4, -0.2) is 40.3 Å². The molecule has 0 aromatic carbocycles. The molecule has 3 rings (SSSR count). The van der Waals surface area contributed by atoms with Crippen LogP contribution in [0.15, 0.2) is 36.6 Å². The number of carbonyl (C=O) groups excluding carboxylic acids is 2. The molecule has 2 amide bonds. The lowest BCUT2D eigenvalue weighted by atomic mass is 10.0. The molecule has 0 saturated heterocycles. The largest absolute Gasteiger partial charge is 0.364 e. The summed E-state index contributed by atoms with van der Waals surface area (Å²) < 4.78 is 0. The van der Waals surface area contributed by atoms with Gasteiger partial charge in [0.15, 0.2) is 5.01 Å². The highest BCUT2D eigenvalue weighted by atomic mass is 32.1. The Labute approximate surface area is 229 Å². The summed E-state index contributed by atoms with van der Waals surface area (Å²) >= 11 is 1.37. The Bertz CT molecular complexity index is 886. The maximum absolute atomic E-state index is 10.8. The minimum Gasteiger partial charge on any atom is -0.364 e. The van der Waals surface area contributed by atoms with Gasteiger partial charge >= 0.3 is 0 Å². The number of hydrogen-bond donors (Lipinski definition) is 3. The van der Waals surface area contributed by atoms with Crippen LogP contribution in [0, 0.1) is 0 Å². The lowest BCUT2D eigenvalue weighted by Crippen LogP contribution is -2.17. The third kappa shape index (κ3) is 19.1. The maximum Gasteiger partial charge on any atom is 0.277 e. The van der Waals surface area contributed by atoms with E-state index in [4.69, 9.17) is 11.5 Å². The van der Waals surface area contributed by atoms with E-state index in [9.17, 15) is 9.59 Å². The van der Waals surface area contributed by atoms with Gasteiger partial charge in [0.2, 0.25) is 0 Å². The lowest BCUT2D eigenvalue weighted by Gasteiger charge is -2.12. The van der Waals surface area contributed by atoms with Gasteiger partial charge in [0.25, 0.3) is 11.8 Å². The summed E-state index contributed by atoms with van der Waals surface area (Å²) in [5, 5.41) is 0.393. The van der Waals surface area contributed by atoms with Crippen LogP contribution in [0.25, 0.3) is 6.08 Å². The number of carbonyl (C=O) groups is 2. The predicted molar refractivity (Wildman–Crippen MR) is 161 cm³/mol. The van der Waals surface area contributed by atoms with Crippen molar-refractivity contribution in [3.05, 3.63) is 57.8 Å². The van der Waals surface area contributed by atoms with Gasteiger partial charge in [0.1, 0.15) is 5.69 Å². The summed E-state index contributed by atoms with van der Waals surface area (Å²) in [6.45, 7) is 17.6. The SMILES string of the molecule is C1CCCCC1.C=C(C)/C=C\c1ccc(C(N)=O)[nH]1.CC.CC.CCCN(C)Cc1cnc(C(N)=O)s1. The Hall–Kier alpha value is -2.71. The number of amides is 2. The molecule has 8 heteroatoms. The van der Waals surface area contributed by atoms with Crippen LogP contribution < -0.4 is 11.5 Å². The summed E-state index contributed by atoms with van der Waals surface area (Å²) in [4.78, 5) is 31.6. The second-order valence-corrected chi connectivity index (χ2v) is 9.34. The number of H-pyrrole nitrogens is 1. The van der Waals surface area contributed by atoms with Crippen molar-refractivity contribution in [3.63, 3.8) is 0 Å². The average molecular weight is 534 g/mol. The van der Waals surface area contributed by atoms with E-state index in [0.717, 1.165) is 35.7 Å². The summed E-state index contributed by atoms with van der Waals surface area (Å²) in [6.07, 6.45) is 15.5. The van der Waals surface area contributed by atoms with Crippen molar-refractivity contribution in [1.82, 2.24) is 14.9 Å². The topological polar surface area (TPSA) is 118 Å². The van der Waals surface area contributed by atoms with E-state index in [1.807, 2.05) is 53.8 Å². The van der Waals surface area contributed by atoms with Crippen LogP contribution in [0.5, 0.6) is 0 Å². The predicted octanol–water partition coefficient (Wildman–Crippen LogP) is 7.18. The maximum atomic E-state index is 10.8. The molecule has 7 nitrogen and oxygen atoms in total. The fourth-order valence-corrected chi connectivity index (χ4v) is 4.01. The van der Waals surface area contributed by atoms with Crippen LogP contribution in [0.3, 0.4) is 0 Å². The van der Waals surface area contributed by atoms with Gasteiger partial charge in [-0.15, -0.1) is 11.3 Å². The fourth-order valence-electron chi connectivity index (χ4n) is 3.17. The van der Waals surface area contributed by atoms with E-state index in [2.05, 4.69) is 28.4 Å². The average Bonchev–Trinajstić information content (AvgIpc) is 3.57. The van der Waals surface area contributed by atoms with E-state index in [1.54, 1.807) is 18.3 Å². The third-order valence-electron chi connectivity index (χ3n) is 4.82. The monoisotopic (exact) mass is 533 g/mol. The Morgan fingerprint density at radius 3 is 1.97 bits per heavy atom. The zero-order valence-electron chi connectivity index (χ0n) is 24.2. The quantitative estimate of drug-likeness (QED) is 0.311. The van der Waals surface area contributed by atoms with Crippen molar-refractivity contribution in [3.8, 4) is 0 Å². The molecule has 0 radical (unpaired) electrons. The number of aromatic amines is 1. The van der Waals surface area contributed by atoms with Crippen molar-refractivity contribution in [2.75, 3.05) is 13.6 Å². The molecule has 0 aliphatic heterocycles. The molecule has 1 saturated carbocycles. The van der Waals surface area contributed by atoms with Gasteiger partial charge in [-0.2, -0.15) is 0 Å². The molecule has 0 atom stereocenters. The first-order valence-corrected chi connectivity index (χ1v) is 14.3. The molecule has 1 fully saturated rings. The molecule has 0 spiro atoms. The summed E-state index contributed by atoms with van der Waals surface area (Å²) in [7, 11) is 2.05. The number of primary amides is 2. The zero-order chi connectivity index (χ0) is 28.6. The number of hydrogen-bond acceptors (Lipinski definition) is 5. The standard InChI is InChI=1S/C10H12N2O.C9H15N3OS.C6H12.2C2H6/c1-7(2)3-4-8-5-6-9(12-8)10(11)13;1-3-4-12(2)6-7-5-11-9(14-7)8(10)13;1-2-4-6-5-3-1;2*1-2/h3-6,12H,1H2,2H3,(H2,11,13);5H,3-4,6H2,1-2H3,(H2,10,13);1-6H2;2*1-2H3/b4-3-;;;;. The molecule has 2 aromatic rings. The third-order valence-corrected chi connectivity index (χ3v) is 5.81. The van der Waals surface area contributed by atoms with E-state index >= 15 is 0 Å². The smallest absolute Gasteiger partial charge is 0.277 e. The highest BCUT2D eigenvalue weighted by molar-refractivity contribution is 7.13. The number of nitrogens with zero attached hydrogens (tertiary/aromatic N) is 2. The summed E-state index contributed by atoms with van der Waals surface area (Å²) in [5.41, 5.74) is 12.4. The Kier molecular flexibility index (Phi) is 23.3. The van der Waals surface area contributed by atoms with Gasteiger partial charge < -0.3 is 21.4 Å². The number of thiazole rings is 1. The molecule has 0 bridgehead atoms. The molecule has 37 heavy (non-hydrogen) atoms. The van der Waals surface area contributed by atoms with Crippen LogP contribution in [-0.2, 0) is 6.54 Å². The number of allylic oxidation sites excluding steroid dienone is 2. The molecule has 0 unspecified atom stereocenters. The van der Waals surface area contributed by atoms with Gasteiger partial charge in [-0.25, -0.2) is 4.98 Å². The second-order valence-electron chi connectivity index (χ2n) is 8.23. The Morgan fingerprint density at radius 1 is 1.05 bits per heavy atom. The summed E-state index contributed by atoms with van der Waals surface area (Å²) in [5.74, 6) is -0.894. The van der Waals surface area contributed by atoms with Crippen LogP contribution in [0.4, 0.5) is 0 Å².